The molecule has 1 atom stereocenters. The summed E-state index contributed by atoms with van der Waals surface area (Å²) in [6.45, 7) is 8.37. The number of benzene rings is 1. The van der Waals surface area contributed by atoms with Gasteiger partial charge in [0.15, 0.2) is 5.82 Å². The number of aryl methyl sites for hydroxylation is 2. The van der Waals surface area contributed by atoms with Gasteiger partial charge in [-0.25, -0.2) is 4.68 Å². The summed E-state index contributed by atoms with van der Waals surface area (Å²) in [7, 11) is 1.66. The molecule has 0 radical (unpaired) electrons. The van der Waals surface area contributed by atoms with Crippen molar-refractivity contribution in [2.75, 3.05) is 13.7 Å². The lowest BCUT2D eigenvalue weighted by atomic mass is 10.0. The smallest absolute Gasteiger partial charge is 0.252 e. The first-order valence-corrected chi connectivity index (χ1v) is 11.5. The van der Waals surface area contributed by atoms with Gasteiger partial charge in [0, 0.05) is 43.7 Å². The van der Waals surface area contributed by atoms with Gasteiger partial charge in [0.1, 0.15) is 0 Å². The Morgan fingerprint density at radius 3 is 2.74 bits per heavy atom. The number of hydrogen-bond donors (Lipinski definition) is 1. The fourth-order valence-corrected chi connectivity index (χ4v) is 4.25. The molecule has 0 aliphatic heterocycles. The molecule has 9 heteroatoms. The molecule has 9 nitrogen and oxygen atoms in total. The van der Waals surface area contributed by atoms with Crippen LogP contribution in [0, 0.1) is 13.8 Å². The molecular formula is C25H31N7O2. The van der Waals surface area contributed by atoms with Crippen LogP contribution in [0.15, 0.2) is 47.5 Å². The SMILES string of the molecule is CC[C@H](c1nnnn1CCOC)N(Cc1cccnc1)Cc1cc2cc(C)c(C)cc2[nH]c1=O. The van der Waals surface area contributed by atoms with Crippen LogP contribution in [0.2, 0.25) is 0 Å². The Morgan fingerprint density at radius 2 is 2.00 bits per heavy atom. The normalized spacial score (nSPS) is 12.5. The second-order valence-corrected chi connectivity index (χ2v) is 8.59. The third-order valence-electron chi connectivity index (χ3n) is 6.21. The number of methoxy groups -OCH3 is 1. The van der Waals surface area contributed by atoms with E-state index in [4.69, 9.17) is 4.74 Å². The summed E-state index contributed by atoms with van der Waals surface area (Å²) in [6, 6.07) is 10.0. The molecule has 3 heterocycles. The zero-order chi connectivity index (χ0) is 24.1. The number of H-pyrrole nitrogens is 1. The van der Waals surface area contributed by atoms with Crippen molar-refractivity contribution in [1.29, 1.82) is 0 Å². The van der Waals surface area contributed by atoms with E-state index in [0.29, 0.717) is 31.8 Å². The number of fused-ring (bicyclic) bond motifs is 1. The molecule has 4 rings (SSSR count). The maximum absolute atomic E-state index is 13.1. The van der Waals surface area contributed by atoms with Crippen molar-refractivity contribution in [3.8, 4) is 0 Å². The number of nitrogens with zero attached hydrogens (tertiary/aromatic N) is 6. The number of aromatic nitrogens is 6. The number of pyridine rings is 2. The average Bonchev–Trinajstić information content (AvgIpc) is 3.29. The summed E-state index contributed by atoms with van der Waals surface area (Å²) in [4.78, 5) is 22.6. The van der Waals surface area contributed by atoms with Gasteiger partial charge in [0.2, 0.25) is 0 Å². The first-order chi connectivity index (χ1) is 16.5. The largest absolute Gasteiger partial charge is 0.383 e. The number of nitrogens with one attached hydrogen (secondary N) is 1. The van der Waals surface area contributed by atoms with Gasteiger partial charge >= 0.3 is 0 Å². The lowest BCUT2D eigenvalue weighted by Crippen LogP contribution is -2.32. The van der Waals surface area contributed by atoms with E-state index < -0.39 is 0 Å². The van der Waals surface area contributed by atoms with Crippen LogP contribution in [0.4, 0.5) is 0 Å². The quantitative estimate of drug-likeness (QED) is 0.386. The van der Waals surface area contributed by atoms with Gasteiger partial charge in [-0.3, -0.25) is 14.7 Å². The van der Waals surface area contributed by atoms with Gasteiger partial charge in [0.05, 0.1) is 19.2 Å². The minimum atomic E-state index is -0.0955. The molecule has 0 aliphatic rings. The molecule has 1 N–H and O–H groups in total. The van der Waals surface area contributed by atoms with E-state index in [-0.39, 0.29) is 11.6 Å². The Bertz CT molecular complexity index is 1300. The number of tetrazole rings is 1. The lowest BCUT2D eigenvalue weighted by molar-refractivity contribution is 0.150. The molecule has 3 aromatic heterocycles. The number of aromatic amines is 1. The lowest BCUT2D eigenvalue weighted by Gasteiger charge is -2.30. The molecule has 0 aliphatic carbocycles. The molecule has 0 bridgehead atoms. The minimum Gasteiger partial charge on any atom is -0.383 e. The number of ether oxygens (including phenoxy) is 1. The highest BCUT2D eigenvalue weighted by molar-refractivity contribution is 5.80. The van der Waals surface area contributed by atoms with Crippen molar-refractivity contribution < 1.29 is 4.74 Å². The summed E-state index contributed by atoms with van der Waals surface area (Å²) in [6.07, 6.45) is 4.39. The van der Waals surface area contributed by atoms with E-state index in [1.54, 1.807) is 18.0 Å². The molecule has 34 heavy (non-hydrogen) atoms. The first kappa shape index (κ1) is 23.7. The van der Waals surface area contributed by atoms with Crippen LogP contribution >= 0.6 is 0 Å². The van der Waals surface area contributed by atoms with Crippen molar-refractivity contribution in [3.05, 3.63) is 81.2 Å². The Balaban J connectivity index is 1.73. The van der Waals surface area contributed by atoms with Crippen LogP contribution in [-0.2, 0) is 24.4 Å². The molecule has 1 aromatic carbocycles. The van der Waals surface area contributed by atoms with Crippen LogP contribution < -0.4 is 5.56 Å². The molecule has 0 unspecified atom stereocenters. The predicted molar refractivity (Wildman–Crippen MR) is 130 cm³/mol. The summed E-state index contributed by atoms with van der Waals surface area (Å²) in [5.74, 6) is 0.757. The Hall–Kier alpha value is -3.43. The zero-order valence-corrected chi connectivity index (χ0v) is 20.2. The number of hydrogen-bond acceptors (Lipinski definition) is 7. The van der Waals surface area contributed by atoms with Crippen LogP contribution in [0.1, 0.15) is 47.5 Å². The molecule has 0 saturated carbocycles. The Morgan fingerprint density at radius 1 is 1.18 bits per heavy atom. The van der Waals surface area contributed by atoms with E-state index >= 15 is 0 Å². The molecule has 0 fully saturated rings. The third-order valence-corrected chi connectivity index (χ3v) is 6.21. The third kappa shape index (κ3) is 5.21. The fraction of sp³-hybridized carbons (Fsp3) is 0.400. The topological polar surface area (TPSA) is 102 Å². The summed E-state index contributed by atoms with van der Waals surface area (Å²) in [5.41, 5.74) is 4.88. The van der Waals surface area contributed by atoms with E-state index in [9.17, 15) is 4.79 Å². The van der Waals surface area contributed by atoms with Gasteiger partial charge in [0.25, 0.3) is 5.56 Å². The maximum Gasteiger partial charge on any atom is 0.252 e. The summed E-state index contributed by atoms with van der Waals surface area (Å²) in [5, 5.41) is 13.4. The highest BCUT2D eigenvalue weighted by Crippen LogP contribution is 2.26. The van der Waals surface area contributed by atoms with Crippen molar-refractivity contribution in [2.45, 2.75) is 52.9 Å². The highest BCUT2D eigenvalue weighted by Gasteiger charge is 2.26. The molecule has 4 aromatic rings. The number of rotatable bonds is 10. The van der Waals surface area contributed by atoms with E-state index in [0.717, 1.165) is 34.3 Å². The molecule has 0 amide bonds. The second-order valence-electron chi connectivity index (χ2n) is 8.59. The average molecular weight is 462 g/mol. The van der Waals surface area contributed by atoms with Gasteiger partial charge in [-0.15, -0.1) is 5.10 Å². The van der Waals surface area contributed by atoms with Crippen LogP contribution in [0.25, 0.3) is 10.9 Å². The highest BCUT2D eigenvalue weighted by atomic mass is 16.5. The van der Waals surface area contributed by atoms with E-state index in [2.05, 4.69) is 57.2 Å². The van der Waals surface area contributed by atoms with Crippen molar-refractivity contribution >= 4 is 10.9 Å². The monoisotopic (exact) mass is 461 g/mol. The van der Waals surface area contributed by atoms with Crippen LogP contribution in [-0.4, -0.2) is 48.8 Å². The Kier molecular flexibility index (Phi) is 7.44. The van der Waals surface area contributed by atoms with Crippen LogP contribution in [0.3, 0.4) is 0 Å². The predicted octanol–water partition coefficient (Wildman–Crippen LogP) is 3.33. The maximum atomic E-state index is 13.1. The molecular weight excluding hydrogens is 430 g/mol. The zero-order valence-electron chi connectivity index (χ0n) is 20.2. The van der Waals surface area contributed by atoms with Crippen LogP contribution in [0.5, 0.6) is 0 Å². The van der Waals surface area contributed by atoms with E-state index in [1.165, 1.54) is 5.56 Å². The summed E-state index contributed by atoms with van der Waals surface area (Å²) < 4.78 is 7.01. The fourth-order valence-electron chi connectivity index (χ4n) is 4.25. The van der Waals surface area contributed by atoms with Gasteiger partial charge in [-0.2, -0.15) is 0 Å². The van der Waals surface area contributed by atoms with Crippen molar-refractivity contribution in [3.63, 3.8) is 0 Å². The Labute approximate surface area is 198 Å². The molecule has 178 valence electrons. The van der Waals surface area contributed by atoms with Gasteiger partial charge in [-0.05, 0) is 77.0 Å². The molecule has 0 spiro atoms. The molecule has 0 saturated heterocycles. The van der Waals surface area contributed by atoms with Crippen molar-refractivity contribution in [2.24, 2.45) is 0 Å². The summed E-state index contributed by atoms with van der Waals surface area (Å²) >= 11 is 0. The van der Waals surface area contributed by atoms with Gasteiger partial charge < -0.3 is 9.72 Å². The van der Waals surface area contributed by atoms with Crippen molar-refractivity contribution in [1.82, 2.24) is 35.1 Å². The minimum absolute atomic E-state index is 0.0826. The van der Waals surface area contributed by atoms with E-state index in [1.807, 2.05) is 30.5 Å². The standard InChI is InChI=1S/C25H31N7O2/c1-5-23(24-28-29-30-32(24)9-10-34-4)31(15-19-7-6-8-26-14-19)16-21-13-20-11-17(2)18(3)12-22(20)27-25(21)33/h6-8,11-14,23H,5,9-10,15-16H2,1-4H3,(H,27,33)/t23-/m1/s1. The van der Waals surface area contributed by atoms with Gasteiger partial charge in [-0.1, -0.05) is 13.0 Å². The second kappa shape index (κ2) is 10.7. The first-order valence-electron chi connectivity index (χ1n) is 11.5.